The normalized spacial score (nSPS) is 16.7. The molecule has 4 rings (SSSR count). The summed E-state index contributed by atoms with van der Waals surface area (Å²) in [7, 11) is 0. The quantitative estimate of drug-likeness (QED) is 0.604. The summed E-state index contributed by atoms with van der Waals surface area (Å²) in [5.41, 5.74) is 2.70. The molecule has 1 unspecified atom stereocenters. The van der Waals surface area contributed by atoms with Crippen molar-refractivity contribution in [2.45, 2.75) is 46.0 Å². The van der Waals surface area contributed by atoms with Gasteiger partial charge in [-0.2, -0.15) is 4.98 Å². The molecule has 30 heavy (non-hydrogen) atoms. The van der Waals surface area contributed by atoms with Crippen molar-refractivity contribution in [2.75, 3.05) is 24.5 Å². The Labute approximate surface area is 176 Å². The average Bonchev–Trinajstić information content (AvgIpc) is 3.19. The number of carbonyl (C=O) groups excluding carboxylic acids is 1. The highest BCUT2D eigenvalue weighted by Gasteiger charge is 2.29. The molecule has 0 aliphatic carbocycles. The SMILES string of the molecule is CCc1noc2nc(C)nc(N3CCCC(C(=O)NCCCc4ccccc4)C3)c12. The molecule has 3 aromatic rings. The first-order valence-corrected chi connectivity index (χ1v) is 10.8. The van der Waals surface area contributed by atoms with Gasteiger partial charge in [-0.1, -0.05) is 42.4 Å². The molecule has 0 radical (unpaired) electrons. The van der Waals surface area contributed by atoms with Crippen LogP contribution in [-0.4, -0.2) is 40.7 Å². The van der Waals surface area contributed by atoms with Crippen molar-refractivity contribution in [3.8, 4) is 0 Å². The first-order valence-electron chi connectivity index (χ1n) is 10.8. The number of carbonyl (C=O) groups is 1. The summed E-state index contributed by atoms with van der Waals surface area (Å²) < 4.78 is 5.42. The van der Waals surface area contributed by atoms with Crippen LogP contribution in [0.15, 0.2) is 34.9 Å². The van der Waals surface area contributed by atoms with Crippen LogP contribution < -0.4 is 10.2 Å². The van der Waals surface area contributed by atoms with Crippen molar-refractivity contribution < 1.29 is 9.32 Å². The van der Waals surface area contributed by atoms with Crippen molar-refractivity contribution in [1.29, 1.82) is 0 Å². The largest absolute Gasteiger partial charge is 0.356 e. The van der Waals surface area contributed by atoms with Gasteiger partial charge in [0.2, 0.25) is 5.91 Å². The van der Waals surface area contributed by atoms with E-state index in [-0.39, 0.29) is 11.8 Å². The number of hydrogen-bond donors (Lipinski definition) is 1. The molecule has 1 aliphatic heterocycles. The zero-order chi connectivity index (χ0) is 20.9. The molecule has 1 aliphatic rings. The molecular weight excluding hydrogens is 378 g/mol. The molecule has 0 spiro atoms. The molecule has 1 aromatic carbocycles. The first-order chi connectivity index (χ1) is 14.7. The van der Waals surface area contributed by atoms with Crippen LogP contribution in [-0.2, 0) is 17.6 Å². The van der Waals surface area contributed by atoms with Crippen LogP contribution >= 0.6 is 0 Å². The van der Waals surface area contributed by atoms with Crippen molar-refractivity contribution in [3.63, 3.8) is 0 Å². The van der Waals surface area contributed by atoms with E-state index in [0.29, 0.717) is 24.6 Å². The van der Waals surface area contributed by atoms with Crippen molar-refractivity contribution in [2.24, 2.45) is 5.92 Å². The average molecular weight is 408 g/mol. The van der Waals surface area contributed by atoms with Crippen LogP contribution in [0.2, 0.25) is 0 Å². The van der Waals surface area contributed by atoms with Gasteiger partial charge in [0.05, 0.1) is 11.6 Å². The summed E-state index contributed by atoms with van der Waals surface area (Å²) >= 11 is 0. The van der Waals surface area contributed by atoms with E-state index in [1.165, 1.54) is 5.56 Å². The van der Waals surface area contributed by atoms with Crippen LogP contribution in [0, 0.1) is 12.8 Å². The lowest BCUT2D eigenvalue weighted by Crippen LogP contribution is -2.43. The molecule has 158 valence electrons. The third kappa shape index (κ3) is 4.45. The first kappa shape index (κ1) is 20.3. The van der Waals surface area contributed by atoms with E-state index in [1.54, 1.807) is 0 Å². The van der Waals surface area contributed by atoms with Gasteiger partial charge in [0.15, 0.2) is 0 Å². The van der Waals surface area contributed by atoms with Crippen molar-refractivity contribution >= 4 is 22.8 Å². The zero-order valence-electron chi connectivity index (χ0n) is 17.7. The molecule has 1 atom stereocenters. The summed E-state index contributed by atoms with van der Waals surface area (Å²) in [5.74, 6) is 1.60. The predicted molar refractivity (Wildman–Crippen MR) is 116 cm³/mol. The van der Waals surface area contributed by atoms with Crippen LogP contribution in [0.4, 0.5) is 5.82 Å². The predicted octanol–water partition coefficient (Wildman–Crippen LogP) is 3.45. The minimum absolute atomic E-state index is 0.0364. The van der Waals surface area contributed by atoms with Crippen LogP contribution in [0.5, 0.6) is 0 Å². The number of nitrogens with one attached hydrogen (secondary N) is 1. The van der Waals surface area contributed by atoms with E-state index in [9.17, 15) is 4.79 Å². The number of fused-ring (bicyclic) bond motifs is 1. The van der Waals surface area contributed by atoms with Gasteiger partial charge < -0.3 is 14.7 Å². The Morgan fingerprint density at radius 2 is 2.10 bits per heavy atom. The molecule has 1 N–H and O–H groups in total. The van der Waals surface area contributed by atoms with Gasteiger partial charge in [0.1, 0.15) is 17.0 Å². The monoisotopic (exact) mass is 407 g/mol. The van der Waals surface area contributed by atoms with E-state index < -0.39 is 0 Å². The van der Waals surface area contributed by atoms with Gasteiger partial charge in [-0.05, 0) is 44.6 Å². The molecule has 7 nitrogen and oxygen atoms in total. The molecule has 1 amide bonds. The zero-order valence-corrected chi connectivity index (χ0v) is 17.7. The summed E-state index contributed by atoms with van der Waals surface area (Å²) in [6.45, 7) is 6.13. The Balaban J connectivity index is 1.39. The highest BCUT2D eigenvalue weighted by atomic mass is 16.5. The molecular formula is C23H29N5O2. The lowest BCUT2D eigenvalue weighted by molar-refractivity contribution is -0.125. The number of amides is 1. The molecule has 0 saturated carbocycles. The number of anilines is 1. The van der Waals surface area contributed by atoms with Crippen molar-refractivity contribution in [3.05, 3.63) is 47.4 Å². The molecule has 1 fully saturated rings. The number of aromatic nitrogens is 3. The van der Waals surface area contributed by atoms with Crippen LogP contribution in [0.1, 0.15) is 43.3 Å². The number of piperidine rings is 1. The summed E-state index contributed by atoms with van der Waals surface area (Å²) in [6.07, 6.45) is 4.53. The molecule has 7 heteroatoms. The number of benzene rings is 1. The Hall–Kier alpha value is -2.96. The van der Waals surface area contributed by atoms with E-state index in [0.717, 1.165) is 55.5 Å². The van der Waals surface area contributed by atoms with Gasteiger partial charge in [0, 0.05) is 19.6 Å². The minimum atomic E-state index is -0.0364. The summed E-state index contributed by atoms with van der Waals surface area (Å²) in [5, 5.41) is 8.17. The number of aryl methyl sites for hydroxylation is 3. The summed E-state index contributed by atoms with van der Waals surface area (Å²) in [6, 6.07) is 10.4. The standard InChI is InChI=1S/C23H29N5O2/c1-3-19-20-21(25-16(2)26-23(20)30-27-19)28-14-8-12-18(15-28)22(29)24-13-7-11-17-9-5-4-6-10-17/h4-6,9-10,18H,3,7-8,11-15H2,1-2H3,(H,24,29). The molecule has 3 heterocycles. The van der Waals surface area contributed by atoms with E-state index in [1.807, 2.05) is 19.9 Å². The van der Waals surface area contributed by atoms with Gasteiger partial charge >= 0.3 is 0 Å². The second-order valence-electron chi connectivity index (χ2n) is 7.92. The van der Waals surface area contributed by atoms with Crippen LogP contribution in [0.25, 0.3) is 11.1 Å². The van der Waals surface area contributed by atoms with Gasteiger partial charge in [-0.3, -0.25) is 4.79 Å². The topological polar surface area (TPSA) is 84.2 Å². The Morgan fingerprint density at radius 1 is 1.27 bits per heavy atom. The maximum absolute atomic E-state index is 12.8. The van der Waals surface area contributed by atoms with Gasteiger partial charge in [0.25, 0.3) is 5.71 Å². The second kappa shape index (κ2) is 9.24. The number of rotatable bonds is 7. The van der Waals surface area contributed by atoms with E-state index in [4.69, 9.17) is 9.51 Å². The number of nitrogens with zero attached hydrogens (tertiary/aromatic N) is 4. The highest BCUT2D eigenvalue weighted by Crippen LogP contribution is 2.30. The van der Waals surface area contributed by atoms with E-state index in [2.05, 4.69) is 44.6 Å². The minimum Gasteiger partial charge on any atom is -0.356 e. The maximum Gasteiger partial charge on any atom is 0.263 e. The second-order valence-corrected chi connectivity index (χ2v) is 7.92. The fraction of sp³-hybridized carbons (Fsp3) is 0.478. The summed E-state index contributed by atoms with van der Waals surface area (Å²) in [4.78, 5) is 24.1. The smallest absolute Gasteiger partial charge is 0.263 e. The Bertz CT molecular complexity index is 1000. The molecule has 0 bridgehead atoms. The molecule has 2 aromatic heterocycles. The van der Waals surface area contributed by atoms with Crippen LogP contribution in [0.3, 0.4) is 0 Å². The lowest BCUT2D eigenvalue weighted by Gasteiger charge is -2.33. The lowest BCUT2D eigenvalue weighted by atomic mass is 9.96. The Morgan fingerprint density at radius 3 is 2.90 bits per heavy atom. The fourth-order valence-electron chi connectivity index (χ4n) is 4.14. The third-order valence-corrected chi connectivity index (χ3v) is 5.71. The Kier molecular flexibility index (Phi) is 6.26. The molecule has 1 saturated heterocycles. The maximum atomic E-state index is 12.8. The highest BCUT2D eigenvalue weighted by molar-refractivity contribution is 5.89. The fourth-order valence-corrected chi connectivity index (χ4v) is 4.14. The van der Waals surface area contributed by atoms with Gasteiger partial charge in [-0.25, -0.2) is 4.98 Å². The van der Waals surface area contributed by atoms with Crippen molar-refractivity contribution in [1.82, 2.24) is 20.4 Å². The van der Waals surface area contributed by atoms with E-state index >= 15 is 0 Å². The van der Waals surface area contributed by atoms with Gasteiger partial charge in [-0.15, -0.1) is 0 Å². The third-order valence-electron chi connectivity index (χ3n) is 5.71. The number of hydrogen-bond acceptors (Lipinski definition) is 6.